The fourth-order valence-corrected chi connectivity index (χ4v) is 1.45. The molecule has 1 aromatic rings. The maximum absolute atomic E-state index is 12.6. The summed E-state index contributed by atoms with van der Waals surface area (Å²) in [6.45, 7) is 0.328. The average molecular weight is 299 g/mol. The van der Waals surface area contributed by atoms with Gasteiger partial charge in [-0.05, 0) is 18.2 Å². The van der Waals surface area contributed by atoms with Crippen LogP contribution in [-0.4, -0.2) is 20.3 Å². The Morgan fingerprint density at radius 2 is 1.94 bits per heavy atom. The molecule has 6 heteroatoms. The molecule has 0 aliphatic carbocycles. The van der Waals surface area contributed by atoms with Crippen LogP contribution in [-0.2, 0) is 10.9 Å². The average Bonchev–Trinajstić information content (AvgIpc) is 2.19. The van der Waals surface area contributed by atoms with Gasteiger partial charge in [0.1, 0.15) is 12.4 Å². The SMILES string of the molecule is COCCOc1ccc(Br)cc1C(F)(F)F. The van der Waals surface area contributed by atoms with Gasteiger partial charge >= 0.3 is 6.18 Å². The summed E-state index contributed by atoms with van der Waals surface area (Å²) in [7, 11) is 1.45. The normalized spacial score (nSPS) is 11.6. The first-order chi connectivity index (χ1) is 7.45. The van der Waals surface area contributed by atoms with E-state index in [1.165, 1.54) is 19.2 Å². The zero-order valence-electron chi connectivity index (χ0n) is 8.47. The molecule has 0 saturated carbocycles. The van der Waals surface area contributed by atoms with Gasteiger partial charge in [0.05, 0.1) is 12.2 Å². The lowest BCUT2D eigenvalue weighted by atomic mass is 10.2. The molecule has 16 heavy (non-hydrogen) atoms. The number of benzene rings is 1. The van der Waals surface area contributed by atoms with Crippen molar-refractivity contribution in [3.63, 3.8) is 0 Å². The molecule has 0 fully saturated rings. The summed E-state index contributed by atoms with van der Waals surface area (Å²) in [5.74, 6) is -0.187. The van der Waals surface area contributed by atoms with Crippen molar-refractivity contribution in [2.45, 2.75) is 6.18 Å². The fraction of sp³-hybridized carbons (Fsp3) is 0.400. The van der Waals surface area contributed by atoms with Crippen molar-refractivity contribution in [1.82, 2.24) is 0 Å². The molecule has 0 radical (unpaired) electrons. The van der Waals surface area contributed by atoms with E-state index in [4.69, 9.17) is 9.47 Å². The van der Waals surface area contributed by atoms with Crippen molar-refractivity contribution in [2.24, 2.45) is 0 Å². The van der Waals surface area contributed by atoms with Crippen LogP contribution in [0.15, 0.2) is 22.7 Å². The highest BCUT2D eigenvalue weighted by molar-refractivity contribution is 9.10. The Bertz CT molecular complexity index is 352. The van der Waals surface area contributed by atoms with E-state index in [0.717, 1.165) is 6.07 Å². The third-order valence-electron chi connectivity index (χ3n) is 1.79. The highest BCUT2D eigenvalue weighted by atomic mass is 79.9. The molecule has 0 spiro atoms. The standard InChI is InChI=1S/C10H10BrF3O2/c1-15-4-5-16-9-3-2-7(11)6-8(9)10(12,13)14/h2-3,6H,4-5H2,1H3. The molecule has 1 aromatic carbocycles. The first-order valence-electron chi connectivity index (χ1n) is 4.43. The van der Waals surface area contributed by atoms with Crippen molar-refractivity contribution in [3.05, 3.63) is 28.2 Å². The smallest absolute Gasteiger partial charge is 0.420 e. The summed E-state index contributed by atoms with van der Waals surface area (Å²) in [4.78, 5) is 0. The van der Waals surface area contributed by atoms with Crippen molar-refractivity contribution in [1.29, 1.82) is 0 Å². The Labute approximate surface area is 99.5 Å². The van der Waals surface area contributed by atoms with Crippen molar-refractivity contribution in [3.8, 4) is 5.75 Å². The minimum atomic E-state index is -4.42. The molecule has 1 rings (SSSR count). The molecule has 0 atom stereocenters. The number of ether oxygens (including phenoxy) is 2. The van der Waals surface area contributed by atoms with E-state index in [-0.39, 0.29) is 19.0 Å². The van der Waals surface area contributed by atoms with E-state index in [0.29, 0.717) is 4.47 Å². The van der Waals surface area contributed by atoms with Gasteiger partial charge in [-0.3, -0.25) is 0 Å². The molecule has 2 nitrogen and oxygen atoms in total. The second-order valence-electron chi connectivity index (χ2n) is 2.98. The summed E-state index contributed by atoms with van der Waals surface area (Å²) in [6.07, 6.45) is -4.42. The fourth-order valence-electron chi connectivity index (χ4n) is 1.08. The van der Waals surface area contributed by atoms with Crippen molar-refractivity contribution >= 4 is 15.9 Å². The van der Waals surface area contributed by atoms with E-state index in [1.807, 2.05) is 0 Å². The van der Waals surface area contributed by atoms with Crippen molar-refractivity contribution in [2.75, 3.05) is 20.3 Å². The van der Waals surface area contributed by atoms with Gasteiger partial charge in [-0.1, -0.05) is 15.9 Å². The molecule has 0 unspecified atom stereocenters. The monoisotopic (exact) mass is 298 g/mol. The summed E-state index contributed by atoms with van der Waals surface area (Å²) >= 11 is 2.99. The third-order valence-corrected chi connectivity index (χ3v) is 2.29. The Morgan fingerprint density at radius 3 is 2.50 bits per heavy atom. The van der Waals surface area contributed by atoms with Gasteiger partial charge in [0.15, 0.2) is 0 Å². The number of halogens is 4. The highest BCUT2D eigenvalue weighted by Crippen LogP contribution is 2.37. The Hall–Kier alpha value is -0.750. The van der Waals surface area contributed by atoms with Crippen molar-refractivity contribution < 1.29 is 22.6 Å². The molecule has 90 valence electrons. The Balaban J connectivity index is 2.90. The predicted molar refractivity (Wildman–Crippen MR) is 56.5 cm³/mol. The molecule has 0 bridgehead atoms. The molecule has 0 aliphatic heterocycles. The van der Waals surface area contributed by atoms with Gasteiger partial charge in [-0.25, -0.2) is 0 Å². The number of hydrogen-bond donors (Lipinski definition) is 0. The van der Waals surface area contributed by atoms with Crippen LogP contribution in [0.5, 0.6) is 5.75 Å². The van der Waals surface area contributed by atoms with E-state index in [1.54, 1.807) is 0 Å². The van der Waals surface area contributed by atoms with Crippen LogP contribution < -0.4 is 4.74 Å². The van der Waals surface area contributed by atoms with Gasteiger partial charge in [0, 0.05) is 11.6 Å². The van der Waals surface area contributed by atoms with Gasteiger partial charge in [-0.15, -0.1) is 0 Å². The van der Waals surface area contributed by atoms with Crippen LogP contribution in [0.1, 0.15) is 5.56 Å². The Morgan fingerprint density at radius 1 is 1.25 bits per heavy atom. The number of methoxy groups -OCH3 is 1. The Kier molecular flexibility index (Phi) is 4.61. The van der Waals surface area contributed by atoms with E-state index in [2.05, 4.69) is 15.9 Å². The maximum Gasteiger partial charge on any atom is 0.420 e. The topological polar surface area (TPSA) is 18.5 Å². The lowest BCUT2D eigenvalue weighted by molar-refractivity contribution is -0.139. The van der Waals surface area contributed by atoms with Gasteiger partial charge < -0.3 is 9.47 Å². The first kappa shape index (κ1) is 13.3. The van der Waals surface area contributed by atoms with Crippen LogP contribution in [0.4, 0.5) is 13.2 Å². The van der Waals surface area contributed by atoms with E-state index in [9.17, 15) is 13.2 Å². The van der Waals surface area contributed by atoms with E-state index >= 15 is 0 Å². The first-order valence-corrected chi connectivity index (χ1v) is 5.23. The molecular formula is C10H10BrF3O2. The highest BCUT2D eigenvalue weighted by Gasteiger charge is 2.34. The zero-order valence-corrected chi connectivity index (χ0v) is 10.1. The number of hydrogen-bond acceptors (Lipinski definition) is 2. The third kappa shape index (κ3) is 3.68. The second-order valence-corrected chi connectivity index (χ2v) is 3.90. The summed E-state index contributed by atoms with van der Waals surface area (Å²) in [5.41, 5.74) is -0.794. The quantitative estimate of drug-likeness (QED) is 0.792. The molecular weight excluding hydrogens is 289 g/mol. The minimum absolute atomic E-state index is 0.0845. The maximum atomic E-state index is 12.6. The van der Waals surface area contributed by atoms with Crippen LogP contribution in [0.2, 0.25) is 0 Å². The lowest BCUT2D eigenvalue weighted by Gasteiger charge is -2.13. The minimum Gasteiger partial charge on any atom is -0.491 e. The zero-order chi connectivity index (χ0) is 12.2. The molecule has 0 aliphatic rings. The van der Waals surface area contributed by atoms with Crippen LogP contribution in [0.25, 0.3) is 0 Å². The summed E-state index contributed by atoms with van der Waals surface area (Å²) < 4.78 is 47.9. The van der Waals surface area contributed by atoms with Crippen LogP contribution in [0, 0.1) is 0 Å². The summed E-state index contributed by atoms with van der Waals surface area (Å²) in [5, 5.41) is 0. The number of alkyl halides is 3. The predicted octanol–water partition coefficient (Wildman–Crippen LogP) is 3.49. The molecule has 0 N–H and O–H groups in total. The molecule has 0 amide bonds. The largest absolute Gasteiger partial charge is 0.491 e. The van der Waals surface area contributed by atoms with Gasteiger partial charge in [-0.2, -0.15) is 13.2 Å². The molecule has 0 heterocycles. The summed E-state index contributed by atoms with van der Waals surface area (Å²) in [6, 6.07) is 3.77. The molecule has 0 saturated heterocycles. The lowest BCUT2D eigenvalue weighted by Crippen LogP contribution is -2.11. The molecule has 0 aromatic heterocycles. The van der Waals surface area contributed by atoms with E-state index < -0.39 is 11.7 Å². The van der Waals surface area contributed by atoms with Crippen LogP contribution in [0.3, 0.4) is 0 Å². The van der Waals surface area contributed by atoms with Crippen LogP contribution >= 0.6 is 15.9 Å². The number of rotatable bonds is 4. The van der Waals surface area contributed by atoms with Gasteiger partial charge in [0.2, 0.25) is 0 Å². The van der Waals surface area contributed by atoms with Gasteiger partial charge in [0.25, 0.3) is 0 Å². The second kappa shape index (κ2) is 5.54.